The second kappa shape index (κ2) is 15.2. The molecule has 1 saturated heterocycles. The Morgan fingerprint density at radius 1 is 1.12 bits per heavy atom. The number of nitrogens with one attached hydrogen (secondary N) is 1. The molecule has 0 radical (unpaired) electrons. The van der Waals surface area contributed by atoms with Crippen LogP contribution in [0.5, 0.6) is 0 Å². The van der Waals surface area contributed by atoms with Crippen molar-refractivity contribution in [3.05, 3.63) is 49.4 Å². The maximum Gasteiger partial charge on any atom is 0.249 e. The van der Waals surface area contributed by atoms with Crippen LogP contribution in [0.25, 0.3) is 0 Å². The van der Waals surface area contributed by atoms with E-state index in [-0.39, 0.29) is 17.9 Å². The minimum atomic E-state index is -0.338. The Morgan fingerprint density at radius 3 is 2.12 bits per heavy atom. The topological polar surface area (TPSA) is 58.6 Å². The van der Waals surface area contributed by atoms with Gasteiger partial charge in [-0.2, -0.15) is 0 Å². The van der Waals surface area contributed by atoms with Crippen LogP contribution in [-0.2, 0) is 14.3 Å². The van der Waals surface area contributed by atoms with Crippen molar-refractivity contribution in [2.45, 2.75) is 53.5 Å². The molecular weight excluding hydrogens is 316 g/mol. The highest BCUT2D eigenvalue weighted by Gasteiger charge is 2.34. The van der Waals surface area contributed by atoms with E-state index in [2.05, 4.69) is 25.1 Å². The predicted molar refractivity (Wildman–Crippen MR) is 105 cm³/mol. The Balaban J connectivity index is 0. The van der Waals surface area contributed by atoms with Crippen molar-refractivity contribution in [1.29, 1.82) is 0 Å². The SMILES string of the molecule is C=CC.C=CC1=C(C=C)N(C2CCC(=O)NC2=O)CCO1.CC.CC. The molecule has 5 nitrogen and oxygen atoms in total. The van der Waals surface area contributed by atoms with Crippen LogP contribution in [-0.4, -0.2) is 35.9 Å². The van der Waals surface area contributed by atoms with Gasteiger partial charge in [0.1, 0.15) is 18.4 Å². The number of carbonyl (C=O) groups excluding carboxylic acids is 2. The lowest BCUT2D eigenvalue weighted by Gasteiger charge is -2.38. The van der Waals surface area contributed by atoms with Gasteiger partial charge in [-0.25, -0.2) is 0 Å². The van der Waals surface area contributed by atoms with Crippen LogP contribution in [0.15, 0.2) is 49.4 Å². The van der Waals surface area contributed by atoms with Crippen molar-refractivity contribution in [2.75, 3.05) is 13.2 Å². The number of imide groups is 1. The monoisotopic (exact) mass is 350 g/mol. The minimum absolute atomic E-state index is 0.211. The lowest BCUT2D eigenvalue weighted by molar-refractivity contribution is -0.137. The predicted octanol–water partition coefficient (Wildman–Crippen LogP) is 3.95. The number of amides is 2. The fourth-order valence-corrected chi connectivity index (χ4v) is 2.27. The number of allylic oxidation sites excluding steroid dienone is 3. The van der Waals surface area contributed by atoms with E-state index in [1.807, 2.05) is 39.5 Å². The van der Waals surface area contributed by atoms with E-state index < -0.39 is 0 Å². The van der Waals surface area contributed by atoms with Crippen LogP contribution in [0.1, 0.15) is 47.5 Å². The fraction of sp³-hybridized carbons (Fsp3) is 0.500. The Kier molecular flexibility index (Phi) is 15.2. The van der Waals surface area contributed by atoms with Crippen LogP contribution < -0.4 is 5.32 Å². The van der Waals surface area contributed by atoms with Crippen molar-refractivity contribution in [1.82, 2.24) is 10.2 Å². The molecule has 2 aliphatic heterocycles. The number of hydrogen-bond donors (Lipinski definition) is 1. The molecule has 2 rings (SSSR count). The number of hydrogen-bond acceptors (Lipinski definition) is 4. The number of piperidine rings is 1. The molecule has 142 valence electrons. The molecule has 0 spiro atoms. The molecule has 0 bridgehead atoms. The van der Waals surface area contributed by atoms with Crippen molar-refractivity contribution in [3.8, 4) is 0 Å². The zero-order valence-corrected chi connectivity index (χ0v) is 16.4. The molecule has 1 atom stereocenters. The molecule has 1 N–H and O–H groups in total. The van der Waals surface area contributed by atoms with E-state index in [1.54, 1.807) is 18.2 Å². The van der Waals surface area contributed by atoms with Gasteiger partial charge in [0.25, 0.3) is 0 Å². The van der Waals surface area contributed by atoms with Crippen LogP contribution >= 0.6 is 0 Å². The second-order valence-electron chi connectivity index (χ2n) is 4.57. The summed E-state index contributed by atoms with van der Waals surface area (Å²) < 4.78 is 5.46. The summed E-state index contributed by atoms with van der Waals surface area (Å²) in [6.07, 6.45) is 5.89. The van der Waals surface area contributed by atoms with E-state index >= 15 is 0 Å². The smallest absolute Gasteiger partial charge is 0.249 e. The van der Waals surface area contributed by atoms with Crippen LogP contribution in [0, 0.1) is 0 Å². The third-order valence-electron chi connectivity index (χ3n) is 3.12. The highest BCUT2D eigenvalue weighted by Crippen LogP contribution is 2.24. The van der Waals surface area contributed by atoms with Gasteiger partial charge in [0.15, 0.2) is 0 Å². The molecule has 5 heteroatoms. The van der Waals surface area contributed by atoms with Gasteiger partial charge in [-0.05, 0) is 25.5 Å². The van der Waals surface area contributed by atoms with Gasteiger partial charge in [-0.1, -0.05) is 46.9 Å². The number of rotatable bonds is 3. The molecule has 2 heterocycles. The summed E-state index contributed by atoms with van der Waals surface area (Å²) in [4.78, 5) is 24.9. The number of ether oxygens (including phenoxy) is 1. The van der Waals surface area contributed by atoms with Crippen LogP contribution in [0.3, 0.4) is 0 Å². The van der Waals surface area contributed by atoms with Gasteiger partial charge in [0.05, 0.1) is 12.2 Å². The normalized spacial score (nSPS) is 18.6. The summed E-state index contributed by atoms with van der Waals surface area (Å²) >= 11 is 0. The molecule has 0 aliphatic carbocycles. The fourth-order valence-electron chi connectivity index (χ4n) is 2.27. The van der Waals surface area contributed by atoms with Crippen LogP contribution in [0.4, 0.5) is 0 Å². The molecule has 0 aromatic carbocycles. The van der Waals surface area contributed by atoms with Gasteiger partial charge < -0.3 is 9.64 Å². The lowest BCUT2D eigenvalue weighted by Crippen LogP contribution is -2.53. The van der Waals surface area contributed by atoms with Gasteiger partial charge in [-0.3, -0.25) is 14.9 Å². The average molecular weight is 351 g/mol. The Morgan fingerprint density at radius 2 is 1.68 bits per heavy atom. The molecule has 0 saturated carbocycles. The summed E-state index contributed by atoms with van der Waals surface area (Å²) in [5.41, 5.74) is 0.755. The standard InChI is InChI=1S/C13H16N2O3.C3H6.2C2H6/c1-3-9-11(4-2)18-8-7-15(9)10-5-6-12(16)14-13(10)17;1-3-2;2*1-2/h3-4,10H,1-2,5-8H2,(H,14,16,17);3H,1H2,2H3;2*1-2H3. The summed E-state index contributed by atoms with van der Waals surface area (Å²) in [5.74, 6) is 0.162. The van der Waals surface area contributed by atoms with E-state index in [0.29, 0.717) is 31.8 Å². The zero-order valence-electron chi connectivity index (χ0n) is 16.4. The molecule has 2 amide bonds. The van der Waals surface area contributed by atoms with E-state index in [1.165, 1.54) is 0 Å². The second-order valence-corrected chi connectivity index (χ2v) is 4.57. The summed E-state index contributed by atoms with van der Waals surface area (Å²) in [7, 11) is 0. The first kappa shape index (κ1) is 24.9. The molecular formula is C20H34N2O3. The summed E-state index contributed by atoms with van der Waals surface area (Å²) in [6.45, 7) is 21.8. The highest BCUT2D eigenvalue weighted by molar-refractivity contribution is 6.00. The third kappa shape index (κ3) is 7.88. The lowest BCUT2D eigenvalue weighted by atomic mass is 10.0. The quantitative estimate of drug-likeness (QED) is 0.618. The van der Waals surface area contributed by atoms with Crippen molar-refractivity contribution < 1.29 is 14.3 Å². The number of carbonyl (C=O) groups is 2. The summed E-state index contributed by atoms with van der Waals surface area (Å²) in [6, 6.07) is -0.338. The molecule has 0 aromatic heterocycles. The Hall–Kier alpha value is -2.30. The summed E-state index contributed by atoms with van der Waals surface area (Å²) in [5, 5.41) is 2.36. The minimum Gasteiger partial charge on any atom is -0.490 e. The first-order chi connectivity index (χ1) is 12.1. The van der Waals surface area contributed by atoms with Crippen molar-refractivity contribution in [3.63, 3.8) is 0 Å². The van der Waals surface area contributed by atoms with Gasteiger partial charge >= 0.3 is 0 Å². The van der Waals surface area contributed by atoms with Crippen LogP contribution in [0.2, 0.25) is 0 Å². The van der Waals surface area contributed by atoms with E-state index in [0.717, 1.165) is 5.70 Å². The van der Waals surface area contributed by atoms with Gasteiger partial charge in [0, 0.05) is 6.42 Å². The first-order valence-electron chi connectivity index (χ1n) is 8.88. The Labute approximate surface area is 153 Å². The molecule has 2 aliphatic rings. The van der Waals surface area contributed by atoms with E-state index in [9.17, 15) is 9.59 Å². The van der Waals surface area contributed by atoms with Gasteiger partial charge in [-0.15, -0.1) is 6.58 Å². The average Bonchev–Trinajstić information content (AvgIpc) is 2.65. The first-order valence-corrected chi connectivity index (χ1v) is 8.88. The number of nitrogens with zero attached hydrogens (tertiary/aromatic N) is 1. The molecule has 25 heavy (non-hydrogen) atoms. The highest BCUT2D eigenvalue weighted by atomic mass is 16.5. The van der Waals surface area contributed by atoms with Crippen molar-refractivity contribution in [2.24, 2.45) is 0 Å². The molecule has 1 fully saturated rings. The maximum absolute atomic E-state index is 11.9. The molecule has 1 unspecified atom stereocenters. The van der Waals surface area contributed by atoms with Crippen molar-refractivity contribution >= 4 is 11.8 Å². The third-order valence-corrected chi connectivity index (χ3v) is 3.12. The Bertz CT molecular complexity index is 481. The van der Waals surface area contributed by atoms with E-state index in [4.69, 9.17) is 4.74 Å². The maximum atomic E-state index is 11.9. The molecule has 0 aromatic rings. The zero-order chi connectivity index (χ0) is 19.8. The largest absolute Gasteiger partial charge is 0.490 e. The van der Waals surface area contributed by atoms with Gasteiger partial charge in [0.2, 0.25) is 11.8 Å².